The van der Waals surface area contributed by atoms with E-state index in [2.05, 4.69) is 9.97 Å². The number of aromatic nitrogens is 2. The van der Waals surface area contributed by atoms with Crippen LogP contribution in [0.3, 0.4) is 0 Å². The van der Waals surface area contributed by atoms with Crippen LogP contribution in [0.5, 0.6) is 0 Å². The van der Waals surface area contributed by atoms with Gasteiger partial charge in [-0.2, -0.15) is 0 Å². The minimum absolute atomic E-state index is 0. The summed E-state index contributed by atoms with van der Waals surface area (Å²) < 4.78 is 0. The number of hydrogen-bond donors (Lipinski definition) is 0. The maximum Gasteiger partial charge on any atom is 2.00 e. The topological polar surface area (TPSA) is 123 Å². The summed E-state index contributed by atoms with van der Waals surface area (Å²) in [6.45, 7) is 0. The molecular weight excluding hydrogens is 232 g/mol. The first-order valence-electron chi connectivity index (χ1n) is 3.32. The Kier molecular flexibility index (Phi) is 5.34. The second-order valence-electron chi connectivity index (χ2n) is 2.17. The zero-order chi connectivity index (χ0) is 10.7. The van der Waals surface area contributed by atoms with Gasteiger partial charge in [-0.1, -0.05) is 0 Å². The predicted octanol–water partition coefficient (Wildman–Crippen LogP) is -3.65. The normalized spacial score (nSPS) is 8.80. The molecule has 0 aliphatic carbocycles. The maximum absolute atomic E-state index is 10.8. The third-order valence-corrected chi connectivity index (χ3v) is 1.31. The molecule has 0 spiro atoms. The fourth-order valence-corrected chi connectivity index (χ4v) is 0.854. The number of carbonyl (C=O) groups is 1. The summed E-state index contributed by atoms with van der Waals surface area (Å²) >= 11 is 0. The Hall–Kier alpha value is -1.05. The molecule has 0 amide bonds. The van der Waals surface area contributed by atoms with Crippen molar-refractivity contribution < 1.29 is 15.0 Å². The van der Waals surface area contributed by atoms with Crippen molar-refractivity contribution in [3.05, 3.63) is 32.8 Å². The summed E-state index contributed by atoms with van der Waals surface area (Å²) in [5.74, 6) is 0. The first-order valence-corrected chi connectivity index (χ1v) is 3.32. The Balaban J connectivity index is 0.000000346. The Bertz CT molecular complexity index is 500. The van der Waals surface area contributed by atoms with Crippen LogP contribution in [0.2, 0.25) is 0 Å². The molecule has 7 nitrogen and oxygen atoms in total. The molecule has 8 heteroatoms. The van der Waals surface area contributed by atoms with Crippen LogP contribution in [0.15, 0.2) is 21.9 Å². The van der Waals surface area contributed by atoms with E-state index in [0.29, 0.717) is 5.69 Å². The number of rotatable bonds is 0. The van der Waals surface area contributed by atoms with E-state index in [4.69, 9.17) is 15.0 Å². The van der Waals surface area contributed by atoms with Crippen molar-refractivity contribution in [2.24, 2.45) is 0 Å². The summed E-state index contributed by atoms with van der Waals surface area (Å²) in [5.41, 5.74) is -0.724. The Morgan fingerprint density at radius 3 is 2.27 bits per heavy atom. The van der Waals surface area contributed by atoms with Crippen molar-refractivity contribution in [1.82, 2.24) is 9.97 Å². The number of carbonyl (C=O) groups excluding carboxylic acids is 1. The summed E-state index contributed by atoms with van der Waals surface area (Å²) in [6, 6.07) is 1.54. The molecule has 15 heavy (non-hydrogen) atoms. The molecule has 2 aliphatic rings. The fourth-order valence-electron chi connectivity index (χ4n) is 0.854. The smallest absolute Gasteiger partial charge is 0.652 e. The van der Waals surface area contributed by atoms with E-state index < -0.39 is 17.1 Å². The molecule has 0 saturated carbocycles. The summed E-state index contributed by atoms with van der Waals surface area (Å²) in [5, 5.41) is 16.7. The SMILES string of the molecule is O=C([O-])[O-].O=c1nc2ccnc-2c1=O.[Ca+2]. The van der Waals surface area contributed by atoms with Gasteiger partial charge in [-0.15, -0.1) is 0 Å². The predicted molar refractivity (Wildman–Crippen MR) is 44.7 cm³/mol. The Labute approximate surface area is 112 Å². The molecule has 72 valence electrons. The van der Waals surface area contributed by atoms with Gasteiger partial charge in [0.05, 0.1) is 5.69 Å². The van der Waals surface area contributed by atoms with Gasteiger partial charge in [0.2, 0.25) is 0 Å². The zero-order valence-corrected chi connectivity index (χ0v) is 9.51. The van der Waals surface area contributed by atoms with Gasteiger partial charge in [-0.25, -0.2) is 4.98 Å². The monoisotopic (exact) mass is 234 g/mol. The summed E-state index contributed by atoms with van der Waals surface area (Å²) in [4.78, 5) is 36.7. The minimum Gasteiger partial charge on any atom is -0.652 e. The third-order valence-electron chi connectivity index (χ3n) is 1.31. The number of fused-ring (bicyclic) bond motifs is 1. The first-order chi connectivity index (χ1) is 6.52. The average Bonchev–Trinajstić information content (AvgIpc) is 2.57. The maximum atomic E-state index is 10.8. The van der Waals surface area contributed by atoms with Gasteiger partial charge in [0.1, 0.15) is 5.69 Å². The average molecular weight is 234 g/mol. The van der Waals surface area contributed by atoms with Gasteiger partial charge in [0.25, 0.3) is 5.43 Å². The molecule has 0 fully saturated rings. The molecule has 0 aromatic rings. The summed E-state index contributed by atoms with van der Waals surface area (Å²) in [7, 11) is 0. The van der Waals surface area contributed by atoms with Crippen LogP contribution in [0.4, 0.5) is 4.79 Å². The standard InChI is InChI=1S/C6H2N2O2.CH2O3.Ca/c9-5-4-3(1-2-7-4)8-6(5)10;2-1(3)4;/h1-2H;(H2,2,3,4);/q;;+2/p-2. The quantitative estimate of drug-likeness (QED) is 0.340. The molecule has 2 heterocycles. The van der Waals surface area contributed by atoms with Gasteiger partial charge in [-0.3, -0.25) is 14.6 Å². The molecule has 0 bridgehead atoms. The van der Waals surface area contributed by atoms with E-state index in [0.717, 1.165) is 0 Å². The van der Waals surface area contributed by atoms with Gasteiger partial charge in [-0.05, 0) is 12.2 Å². The van der Waals surface area contributed by atoms with Crippen LogP contribution in [-0.2, 0) is 0 Å². The van der Waals surface area contributed by atoms with Gasteiger partial charge in [0.15, 0.2) is 0 Å². The fraction of sp³-hybridized carbons (Fsp3) is 0. The molecule has 2 rings (SSSR count). The van der Waals surface area contributed by atoms with Crippen LogP contribution < -0.4 is 21.2 Å². The molecule has 0 unspecified atom stereocenters. The number of hydrogen-bond acceptors (Lipinski definition) is 7. The Morgan fingerprint density at radius 1 is 1.27 bits per heavy atom. The third kappa shape index (κ3) is 3.54. The molecule has 0 aromatic carbocycles. The molecule has 2 aliphatic heterocycles. The van der Waals surface area contributed by atoms with E-state index in [1.165, 1.54) is 12.3 Å². The van der Waals surface area contributed by atoms with Crippen molar-refractivity contribution in [2.75, 3.05) is 0 Å². The van der Waals surface area contributed by atoms with E-state index in [-0.39, 0.29) is 43.4 Å². The van der Waals surface area contributed by atoms with Gasteiger partial charge < -0.3 is 15.0 Å². The minimum atomic E-state index is -2.33. The zero-order valence-electron chi connectivity index (χ0n) is 7.30. The van der Waals surface area contributed by atoms with Crippen molar-refractivity contribution in [1.29, 1.82) is 0 Å². The van der Waals surface area contributed by atoms with Crippen molar-refractivity contribution in [3.8, 4) is 11.4 Å². The first kappa shape index (κ1) is 13.9. The van der Waals surface area contributed by atoms with E-state index in [9.17, 15) is 9.59 Å². The van der Waals surface area contributed by atoms with E-state index in [1.54, 1.807) is 0 Å². The number of nitrogens with zero attached hydrogens (tertiary/aromatic N) is 2. The van der Waals surface area contributed by atoms with Crippen LogP contribution in [0.25, 0.3) is 11.4 Å². The molecule has 0 aromatic heterocycles. The van der Waals surface area contributed by atoms with Crippen LogP contribution >= 0.6 is 0 Å². The van der Waals surface area contributed by atoms with Gasteiger partial charge >= 0.3 is 43.3 Å². The Morgan fingerprint density at radius 2 is 1.80 bits per heavy atom. The number of carboxylic acid groups (broad SMARTS) is 2. The van der Waals surface area contributed by atoms with Crippen molar-refractivity contribution in [3.63, 3.8) is 0 Å². The van der Waals surface area contributed by atoms with Crippen LogP contribution in [0.1, 0.15) is 0 Å². The molecule has 0 N–H and O–H groups in total. The second kappa shape index (κ2) is 5.74. The molecule has 0 atom stereocenters. The molecule has 0 saturated heterocycles. The van der Waals surface area contributed by atoms with Crippen molar-refractivity contribution in [2.45, 2.75) is 0 Å². The van der Waals surface area contributed by atoms with Crippen LogP contribution in [-0.4, -0.2) is 53.9 Å². The largest absolute Gasteiger partial charge is 2.00 e. The van der Waals surface area contributed by atoms with Crippen molar-refractivity contribution >= 4 is 43.9 Å². The molecular formula is C7H2CaN2O5. The van der Waals surface area contributed by atoms with Gasteiger partial charge in [0, 0.05) is 6.20 Å². The van der Waals surface area contributed by atoms with E-state index in [1.807, 2.05) is 0 Å². The second-order valence-corrected chi connectivity index (χ2v) is 2.17. The summed E-state index contributed by atoms with van der Waals surface area (Å²) in [6.07, 6.45) is -0.876. The van der Waals surface area contributed by atoms with E-state index >= 15 is 0 Å². The molecule has 0 radical (unpaired) electrons. The van der Waals surface area contributed by atoms with Crippen LogP contribution in [0, 0.1) is 0 Å².